The first-order valence-corrected chi connectivity index (χ1v) is 8.78. The molecular formula is C18H20N2O3S. The van der Waals surface area contributed by atoms with Crippen LogP contribution in [-0.2, 0) is 11.3 Å². The Bertz CT molecular complexity index is 756. The van der Waals surface area contributed by atoms with Crippen molar-refractivity contribution in [1.29, 1.82) is 0 Å². The first kappa shape index (κ1) is 16.5. The molecule has 1 aliphatic rings. The SMILES string of the molecule is CC(C)N1Cc2cc(NC(=O)c3cccs3)ccc2O[C@@H](C)C1=O. The van der Waals surface area contributed by atoms with E-state index in [1.54, 1.807) is 24.0 Å². The van der Waals surface area contributed by atoms with E-state index in [4.69, 9.17) is 4.74 Å². The molecule has 2 heterocycles. The largest absolute Gasteiger partial charge is 0.481 e. The fourth-order valence-corrected chi connectivity index (χ4v) is 3.29. The van der Waals surface area contributed by atoms with E-state index in [2.05, 4.69) is 5.32 Å². The van der Waals surface area contributed by atoms with Gasteiger partial charge in [0.25, 0.3) is 11.8 Å². The Morgan fingerprint density at radius 3 is 2.83 bits per heavy atom. The lowest BCUT2D eigenvalue weighted by molar-refractivity contribution is -0.139. The van der Waals surface area contributed by atoms with Crippen molar-refractivity contribution in [1.82, 2.24) is 4.90 Å². The molecule has 2 amide bonds. The van der Waals surface area contributed by atoms with Crippen LogP contribution >= 0.6 is 11.3 Å². The lowest BCUT2D eigenvalue weighted by atomic mass is 10.1. The minimum Gasteiger partial charge on any atom is -0.481 e. The summed E-state index contributed by atoms with van der Waals surface area (Å²) in [6, 6.07) is 9.20. The second-order valence-electron chi connectivity index (χ2n) is 6.07. The molecule has 2 aromatic rings. The van der Waals surface area contributed by atoms with Gasteiger partial charge >= 0.3 is 0 Å². The molecule has 126 valence electrons. The minimum absolute atomic E-state index is 0.0228. The van der Waals surface area contributed by atoms with Gasteiger partial charge in [0.05, 0.1) is 4.88 Å². The molecule has 3 rings (SSSR count). The molecule has 1 N–H and O–H groups in total. The zero-order chi connectivity index (χ0) is 17.3. The van der Waals surface area contributed by atoms with Gasteiger partial charge in [-0.15, -0.1) is 11.3 Å². The van der Waals surface area contributed by atoms with Crippen molar-refractivity contribution in [3.8, 4) is 5.75 Å². The fraction of sp³-hybridized carbons (Fsp3) is 0.333. The summed E-state index contributed by atoms with van der Waals surface area (Å²) in [5, 5.41) is 4.76. The molecule has 0 saturated carbocycles. The average molecular weight is 344 g/mol. The third kappa shape index (κ3) is 3.28. The fourth-order valence-electron chi connectivity index (χ4n) is 2.67. The smallest absolute Gasteiger partial charge is 0.265 e. The van der Waals surface area contributed by atoms with Crippen LogP contribution in [0.4, 0.5) is 5.69 Å². The number of fused-ring (bicyclic) bond motifs is 1. The van der Waals surface area contributed by atoms with Crippen LogP contribution in [0.3, 0.4) is 0 Å². The number of carbonyl (C=O) groups is 2. The van der Waals surface area contributed by atoms with Gasteiger partial charge in [-0.2, -0.15) is 0 Å². The molecule has 6 heteroatoms. The summed E-state index contributed by atoms with van der Waals surface area (Å²) in [5.41, 5.74) is 1.59. The molecule has 1 aromatic carbocycles. The highest BCUT2D eigenvalue weighted by Crippen LogP contribution is 2.29. The first-order valence-electron chi connectivity index (χ1n) is 7.90. The molecular weight excluding hydrogens is 324 g/mol. The normalized spacial score (nSPS) is 17.2. The number of thiophene rings is 1. The van der Waals surface area contributed by atoms with Gasteiger partial charge in [0.2, 0.25) is 0 Å². The third-order valence-electron chi connectivity index (χ3n) is 3.96. The van der Waals surface area contributed by atoms with Crippen LogP contribution in [0.2, 0.25) is 0 Å². The van der Waals surface area contributed by atoms with Crippen LogP contribution in [0.15, 0.2) is 35.7 Å². The third-order valence-corrected chi connectivity index (χ3v) is 4.83. The standard InChI is InChI=1S/C18H20N2O3S/c1-11(2)20-10-13-9-14(19-17(21)16-5-4-8-24-16)6-7-15(13)23-12(3)18(20)22/h4-9,11-12H,10H2,1-3H3,(H,19,21)/t12-/m0/s1. The summed E-state index contributed by atoms with van der Waals surface area (Å²) in [4.78, 5) is 27.1. The monoisotopic (exact) mass is 344 g/mol. The number of anilines is 1. The predicted molar refractivity (Wildman–Crippen MR) is 94.5 cm³/mol. The summed E-state index contributed by atoms with van der Waals surface area (Å²) in [5.74, 6) is 0.531. The van der Waals surface area contributed by atoms with Gasteiger partial charge in [-0.05, 0) is 50.4 Å². The number of carbonyl (C=O) groups excluding carboxylic acids is 2. The molecule has 0 saturated heterocycles. The highest BCUT2D eigenvalue weighted by molar-refractivity contribution is 7.12. The maximum atomic E-state index is 12.4. The van der Waals surface area contributed by atoms with Crippen LogP contribution in [0, 0.1) is 0 Å². The van der Waals surface area contributed by atoms with Gasteiger partial charge in [-0.1, -0.05) is 6.07 Å². The van der Waals surface area contributed by atoms with Crippen LogP contribution in [-0.4, -0.2) is 28.9 Å². The molecule has 1 aromatic heterocycles. The van der Waals surface area contributed by atoms with Crippen LogP contribution in [0.1, 0.15) is 36.0 Å². The number of nitrogens with zero attached hydrogens (tertiary/aromatic N) is 1. The van der Waals surface area contributed by atoms with Gasteiger partial charge in [-0.3, -0.25) is 9.59 Å². The first-order chi connectivity index (χ1) is 11.5. The highest BCUT2D eigenvalue weighted by atomic mass is 32.1. The Labute approximate surface area is 145 Å². The summed E-state index contributed by atoms with van der Waals surface area (Å²) in [7, 11) is 0. The number of rotatable bonds is 3. The van der Waals surface area contributed by atoms with E-state index in [1.807, 2.05) is 37.4 Å². The molecule has 24 heavy (non-hydrogen) atoms. The number of hydrogen-bond donors (Lipinski definition) is 1. The van der Waals surface area contributed by atoms with Crippen molar-refractivity contribution < 1.29 is 14.3 Å². The minimum atomic E-state index is -0.514. The summed E-state index contributed by atoms with van der Waals surface area (Å²) in [6.07, 6.45) is -0.514. The molecule has 1 atom stereocenters. The summed E-state index contributed by atoms with van der Waals surface area (Å²) < 4.78 is 5.78. The lowest BCUT2D eigenvalue weighted by Gasteiger charge is -2.26. The van der Waals surface area contributed by atoms with Crippen molar-refractivity contribution in [3.05, 3.63) is 46.2 Å². The molecule has 0 radical (unpaired) electrons. The quantitative estimate of drug-likeness (QED) is 0.927. The van der Waals surface area contributed by atoms with E-state index in [-0.39, 0.29) is 17.9 Å². The maximum Gasteiger partial charge on any atom is 0.265 e. The number of benzene rings is 1. The zero-order valence-corrected chi connectivity index (χ0v) is 14.7. The van der Waals surface area contributed by atoms with E-state index >= 15 is 0 Å². The molecule has 1 aliphatic heterocycles. The number of amides is 2. The van der Waals surface area contributed by atoms with Gasteiger partial charge in [0.1, 0.15) is 5.75 Å². The van der Waals surface area contributed by atoms with Crippen molar-refractivity contribution in [2.24, 2.45) is 0 Å². The van der Waals surface area contributed by atoms with E-state index in [9.17, 15) is 9.59 Å². The van der Waals surface area contributed by atoms with Crippen molar-refractivity contribution in [2.45, 2.75) is 39.5 Å². The van der Waals surface area contributed by atoms with Crippen LogP contribution in [0.25, 0.3) is 0 Å². The Morgan fingerprint density at radius 2 is 2.17 bits per heavy atom. The van der Waals surface area contributed by atoms with Gasteiger partial charge in [0.15, 0.2) is 6.10 Å². The van der Waals surface area contributed by atoms with Gasteiger partial charge < -0.3 is 15.0 Å². The van der Waals surface area contributed by atoms with E-state index in [0.29, 0.717) is 22.9 Å². The highest BCUT2D eigenvalue weighted by Gasteiger charge is 2.29. The van der Waals surface area contributed by atoms with E-state index in [0.717, 1.165) is 5.56 Å². The van der Waals surface area contributed by atoms with Crippen LogP contribution in [0.5, 0.6) is 5.75 Å². The van der Waals surface area contributed by atoms with Gasteiger partial charge in [-0.25, -0.2) is 0 Å². The second kappa shape index (κ2) is 6.65. The van der Waals surface area contributed by atoms with E-state index < -0.39 is 6.10 Å². The number of nitrogens with one attached hydrogen (secondary N) is 1. The molecule has 0 bridgehead atoms. The Hall–Kier alpha value is -2.34. The van der Waals surface area contributed by atoms with Crippen molar-refractivity contribution >= 4 is 28.8 Å². The Balaban J connectivity index is 1.86. The molecule has 0 fully saturated rings. The Kier molecular flexibility index (Phi) is 4.57. The van der Waals surface area contributed by atoms with Crippen molar-refractivity contribution in [3.63, 3.8) is 0 Å². The average Bonchev–Trinajstić information content (AvgIpc) is 3.04. The van der Waals surface area contributed by atoms with Crippen LogP contribution < -0.4 is 10.1 Å². The van der Waals surface area contributed by atoms with Gasteiger partial charge in [0, 0.05) is 23.8 Å². The molecule has 0 unspecified atom stereocenters. The molecule has 0 aliphatic carbocycles. The lowest BCUT2D eigenvalue weighted by Crippen LogP contribution is -2.41. The molecule has 5 nitrogen and oxygen atoms in total. The van der Waals surface area contributed by atoms with Crippen molar-refractivity contribution in [2.75, 3.05) is 5.32 Å². The zero-order valence-electron chi connectivity index (χ0n) is 13.9. The summed E-state index contributed by atoms with van der Waals surface area (Å²) >= 11 is 1.40. The predicted octanol–water partition coefficient (Wildman–Crippen LogP) is 3.52. The molecule has 0 spiro atoms. The second-order valence-corrected chi connectivity index (χ2v) is 7.02. The topological polar surface area (TPSA) is 58.6 Å². The number of hydrogen-bond acceptors (Lipinski definition) is 4. The maximum absolute atomic E-state index is 12.4. The summed E-state index contributed by atoms with van der Waals surface area (Å²) in [6.45, 7) is 6.20. The number of ether oxygens (including phenoxy) is 1. The Morgan fingerprint density at radius 1 is 1.38 bits per heavy atom. The van der Waals surface area contributed by atoms with E-state index in [1.165, 1.54) is 11.3 Å².